The molecule has 0 radical (unpaired) electrons. The van der Waals surface area contributed by atoms with Gasteiger partial charge in [-0.05, 0) is 43.8 Å². The van der Waals surface area contributed by atoms with E-state index >= 15 is 0 Å². The van der Waals surface area contributed by atoms with E-state index in [0.29, 0.717) is 11.7 Å². The lowest BCUT2D eigenvalue weighted by atomic mass is 10.2. The summed E-state index contributed by atoms with van der Waals surface area (Å²) in [4.78, 5) is 0. The Morgan fingerprint density at radius 2 is 2.05 bits per heavy atom. The van der Waals surface area contributed by atoms with Crippen molar-refractivity contribution in [3.05, 3.63) is 58.3 Å². The zero-order valence-electron chi connectivity index (χ0n) is 12.7. The van der Waals surface area contributed by atoms with Crippen LogP contribution >= 0.6 is 28.1 Å². The van der Waals surface area contributed by atoms with Gasteiger partial charge in [0.1, 0.15) is 0 Å². The highest BCUT2D eigenvalue weighted by atomic mass is 79.9. The molecule has 0 spiro atoms. The Morgan fingerprint density at radius 3 is 2.68 bits per heavy atom. The van der Waals surface area contributed by atoms with E-state index < -0.39 is 0 Å². The van der Waals surface area contributed by atoms with Crippen LogP contribution in [0.4, 0.5) is 5.69 Å². The SMILES string of the molecule is C=CCNC(=S)Nc1c(C)nn(Cc2ccc(Br)cc2)c1C. The van der Waals surface area contributed by atoms with Crippen LogP contribution in [0.1, 0.15) is 17.0 Å². The molecular formula is C16H19BrN4S. The summed E-state index contributed by atoms with van der Waals surface area (Å²) >= 11 is 8.71. The van der Waals surface area contributed by atoms with E-state index in [-0.39, 0.29) is 0 Å². The van der Waals surface area contributed by atoms with Gasteiger partial charge in [0.2, 0.25) is 0 Å². The third-order valence-corrected chi connectivity index (χ3v) is 4.05. The van der Waals surface area contributed by atoms with Crippen molar-refractivity contribution in [1.29, 1.82) is 0 Å². The first-order valence-electron chi connectivity index (χ1n) is 6.95. The molecule has 2 aromatic rings. The minimum Gasteiger partial charge on any atom is -0.359 e. The van der Waals surface area contributed by atoms with Gasteiger partial charge in [0.05, 0.1) is 23.6 Å². The van der Waals surface area contributed by atoms with Crippen LogP contribution in [0, 0.1) is 13.8 Å². The molecule has 2 N–H and O–H groups in total. The zero-order valence-corrected chi connectivity index (χ0v) is 15.1. The van der Waals surface area contributed by atoms with Gasteiger partial charge in [0.25, 0.3) is 0 Å². The Bertz CT molecular complexity index is 676. The molecule has 22 heavy (non-hydrogen) atoms. The van der Waals surface area contributed by atoms with Gasteiger partial charge in [0, 0.05) is 11.0 Å². The molecule has 0 aliphatic heterocycles. The molecule has 0 saturated heterocycles. The number of thiocarbonyl (C=S) groups is 1. The van der Waals surface area contributed by atoms with Crippen molar-refractivity contribution in [3.63, 3.8) is 0 Å². The smallest absolute Gasteiger partial charge is 0.171 e. The summed E-state index contributed by atoms with van der Waals surface area (Å²) in [6.07, 6.45) is 1.77. The maximum Gasteiger partial charge on any atom is 0.171 e. The standard InChI is InChI=1S/C16H19BrN4S/c1-4-9-18-16(22)19-15-11(2)20-21(12(15)3)10-13-5-7-14(17)8-6-13/h4-8H,1,9-10H2,2-3H3,(H2,18,19,22). The number of rotatable bonds is 5. The second-order valence-electron chi connectivity index (χ2n) is 4.95. The molecule has 0 amide bonds. The molecule has 0 fully saturated rings. The third-order valence-electron chi connectivity index (χ3n) is 3.27. The highest BCUT2D eigenvalue weighted by Gasteiger charge is 2.12. The number of anilines is 1. The van der Waals surface area contributed by atoms with Gasteiger partial charge in [-0.25, -0.2) is 0 Å². The lowest BCUT2D eigenvalue weighted by Gasteiger charge is -2.10. The highest BCUT2D eigenvalue weighted by molar-refractivity contribution is 9.10. The first kappa shape index (κ1) is 16.7. The molecule has 0 aliphatic carbocycles. The number of nitrogens with zero attached hydrogens (tertiary/aromatic N) is 2. The van der Waals surface area contributed by atoms with E-state index in [1.165, 1.54) is 5.56 Å². The summed E-state index contributed by atoms with van der Waals surface area (Å²) in [5.41, 5.74) is 4.15. The topological polar surface area (TPSA) is 41.9 Å². The molecule has 0 unspecified atom stereocenters. The number of hydrogen-bond acceptors (Lipinski definition) is 2. The van der Waals surface area contributed by atoms with Gasteiger partial charge < -0.3 is 10.6 Å². The third kappa shape index (κ3) is 4.18. The lowest BCUT2D eigenvalue weighted by molar-refractivity contribution is 0.659. The van der Waals surface area contributed by atoms with Gasteiger partial charge in [-0.15, -0.1) is 6.58 Å². The first-order chi connectivity index (χ1) is 10.5. The van der Waals surface area contributed by atoms with Crippen LogP contribution in [0.2, 0.25) is 0 Å². The second kappa shape index (κ2) is 7.56. The van der Waals surface area contributed by atoms with Crippen molar-refractivity contribution < 1.29 is 0 Å². The predicted molar refractivity (Wildman–Crippen MR) is 99.4 cm³/mol. The molecular weight excluding hydrogens is 360 g/mol. The molecule has 2 rings (SSSR count). The molecule has 1 heterocycles. The average Bonchev–Trinajstić information content (AvgIpc) is 2.75. The van der Waals surface area contributed by atoms with Crippen LogP contribution in [0.25, 0.3) is 0 Å². The van der Waals surface area contributed by atoms with Crippen molar-refractivity contribution in [2.75, 3.05) is 11.9 Å². The van der Waals surface area contributed by atoms with Crippen LogP contribution in [-0.4, -0.2) is 21.4 Å². The fourth-order valence-corrected chi connectivity index (χ4v) is 2.57. The monoisotopic (exact) mass is 378 g/mol. The molecule has 0 aliphatic rings. The van der Waals surface area contributed by atoms with Crippen LogP contribution < -0.4 is 10.6 Å². The normalized spacial score (nSPS) is 10.3. The summed E-state index contributed by atoms with van der Waals surface area (Å²) in [5.74, 6) is 0. The molecule has 0 atom stereocenters. The van der Waals surface area contributed by atoms with Crippen molar-refractivity contribution >= 4 is 38.9 Å². The predicted octanol–water partition coefficient (Wildman–Crippen LogP) is 3.78. The summed E-state index contributed by atoms with van der Waals surface area (Å²) in [6.45, 7) is 9.04. The molecule has 1 aromatic carbocycles. The maximum absolute atomic E-state index is 5.26. The van der Waals surface area contributed by atoms with E-state index in [4.69, 9.17) is 12.2 Å². The summed E-state index contributed by atoms with van der Waals surface area (Å²) in [7, 11) is 0. The van der Waals surface area contributed by atoms with Crippen molar-refractivity contribution in [2.24, 2.45) is 0 Å². The van der Waals surface area contributed by atoms with Gasteiger partial charge in [-0.2, -0.15) is 5.10 Å². The Labute approximate surface area is 144 Å². The van der Waals surface area contributed by atoms with Gasteiger partial charge in [0.15, 0.2) is 5.11 Å². The number of nitrogens with one attached hydrogen (secondary N) is 2. The summed E-state index contributed by atoms with van der Waals surface area (Å²) in [5, 5.41) is 11.4. The highest BCUT2D eigenvalue weighted by Crippen LogP contribution is 2.21. The van der Waals surface area contributed by atoms with Crippen molar-refractivity contribution in [3.8, 4) is 0 Å². The van der Waals surface area contributed by atoms with Gasteiger partial charge in [-0.3, -0.25) is 4.68 Å². The van der Waals surface area contributed by atoms with E-state index in [9.17, 15) is 0 Å². The molecule has 116 valence electrons. The van der Waals surface area contributed by atoms with Gasteiger partial charge >= 0.3 is 0 Å². The van der Waals surface area contributed by atoms with Crippen LogP contribution in [0.3, 0.4) is 0 Å². The summed E-state index contributed by atoms with van der Waals surface area (Å²) in [6, 6.07) is 8.25. The molecule has 0 saturated carbocycles. The van der Waals surface area contributed by atoms with Crippen molar-refractivity contribution in [2.45, 2.75) is 20.4 Å². The van der Waals surface area contributed by atoms with Crippen LogP contribution in [-0.2, 0) is 6.54 Å². The van der Waals surface area contributed by atoms with E-state index in [1.54, 1.807) is 6.08 Å². The zero-order chi connectivity index (χ0) is 16.1. The van der Waals surface area contributed by atoms with Crippen LogP contribution in [0.15, 0.2) is 41.4 Å². The molecule has 0 bridgehead atoms. The molecule has 6 heteroatoms. The molecule has 1 aromatic heterocycles. The van der Waals surface area contributed by atoms with E-state index in [1.807, 2.05) is 30.7 Å². The molecule has 4 nitrogen and oxygen atoms in total. The number of aryl methyl sites for hydroxylation is 1. The Hall–Kier alpha value is -1.66. The van der Waals surface area contributed by atoms with Crippen LogP contribution in [0.5, 0.6) is 0 Å². The Balaban J connectivity index is 2.14. The number of aromatic nitrogens is 2. The van der Waals surface area contributed by atoms with Crippen molar-refractivity contribution in [1.82, 2.24) is 15.1 Å². The lowest BCUT2D eigenvalue weighted by Crippen LogP contribution is -2.28. The van der Waals surface area contributed by atoms with Gasteiger partial charge in [-0.1, -0.05) is 34.1 Å². The number of benzene rings is 1. The second-order valence-corrected chi connectivity index (χ2v) is 6.28. The largest absolute Gasteiger partial charge is 0.359 e. The minimum absolute atomic E-state index is 0.578. The number of halogens is 1. The van der Waals surface area contributed by atoms with E-state index in [2.05, 4.69) is 50.4 Å². The van der Waals surface area contributed by atoms with E-state index in [0.717, 1.165) is 28.1 Å². The maximum atomic E-state index is 5.26. The Kier molecular flexibility index (Phi) is 5.74. The fourth-order valence-electron chi connectivity index (χ4n) is 2.12. The summed E-state index contributed by atoms with van der Waals surface area (Å²) < 4.78 is 3.06. The quantitative estimate of drug-likeness (QED) is 0.613. The first-order valence-corrected chi connectivity index (χ1v) is 8.15. The minimum atomic E-state index is 0.578. The Morgan fingerprint density at radius 1 is 1.36 bits per heavy atom. The fraction of sp³-hybridized carbons (Fsp3) is 0.250. The average molecular weight is 379 g/mol. The number of hydrogen-bond donors (Lipinski definition) is 2.